The lowest BCUT2D eigenvalue weighted by Crippen LogP contribution is -2.17. The van der Waals surface area contributed by atoms with E-state index in [9.17, 15) is 0 Å². The molecule has 0 amide bonds. The summed E-state index contributed by atoms with van der Waals surface area (Å²) in [5.41, 5.74) is 2.62. The summed E-state index contributed by atoms with van der Waals surface area (Å²) in [4.78, 5) is 0. The molecule has 0 bridgehead atoms. The van der Waals surface area contributed by atoms with Crippen LogP contribution in [0.4, 0.5) is 0 Å². The van der Waals surface area contributed by atoms with E-state index in [1.165, 1.54) is 29.1 Å². The molecule has 1 aromatic rings. The first-order valence-electron chi connectivity index (χ1n) is 5.83. The second-order valence-corrected chi connectivity index (χ2v) is 8.61. The SMILES string of the molecule is CSC1(/C=C/c2ccc(C)cc2)SCCCS1. The molecule has 1 aliphatic rings. The van der Waals surface area contributed by atoms with Crippen LogP contribution >= 0.6 is 35.3 Å². The summed E-state index contributed by atoms with van der Waals surface area (Å²) in [5, 5.41) is 0. The minimum atomic E-state index is 0.239. The predicted octanol–water partition coefficient (Wildman–Crippen LogP) is 4.90. The lowest BCUT2D eigenvalue weighted by molar-refractivity contribution is 1.10. The highest BCUT2D eigenvalue weighted by Gasteiger charge is 2.29. The van der Waals surface area contributed by atoms with E-state index in [1.807, 2.05) is 11.8 Å². The summed E-state index contributed by atoms with van der Waals surface area (Å²) >= 11 is 6.10. The molecule has 0 aliphatic carbocycles. The number of benzene rings is 1. The molecule has 1 heterocycles. The van der Waals surface area contributed by atoms with Gasteiger partial charge in [0.15, 0.2) is 0 Å². The van der Waals surface area contributed by atoms with Crippen molar-refractivity contribution in [3.8, 4) is 0 Å². The molecule has 0 saturated carbocycles. The fourth-order valence-electron chi connectivity index (χ4n) is 1.69. The van der Waals surface area contributed by atoms with Crippen LogP contribution in [0.1, 0.15) is 17.5 Å². The lowest BCUT2D eigenvalue weighted by Gasteiger charge is -2.31. The Kier molecular flexibility index (Phi) is 4.95. The molecule has 1 saturated heterocycles. The van der Waals surface area contributed by atoms with E-state index in [2.05, 4.69) is 73.1 Å². The van der Waals surface area contributed by atoms with E-state index < -0.39 is 0 Å². The van der Waals surface area contributed by atoms with Crippen molar-refractivity contribution in [3.05, 3.63) is 41.5 Å². The first-order valence-corrected chi connectivity index (χ1v) is 9.03. The molecule has 2 rings (SSSR count). The number of hydrogen-bond donors (Lipinski definition) is 0. The van der Waals surface area contributed by atoms with Crippen molar-refractivity contribution in [2.75, 3.05) is 17.8 Å². The average molecular weight is 282 g/mol. The Balaban J connectivity index is 2.09. The fraction of sp³-hybridized carbons (Fsp3) is 0.429. The monoisotopic (exact) mass is 282 g/mol. The third-order valence-corrected chi connectivity index (χ3v) is 7.92. The molecule has 17 heavy (non-hydrogen) atoms. The number of hydrogen-bond acceptors (Lipinski definition) is 3. The van der Waals surface area contributed by atoms with Crippen molar-refractivity contribution >= 4 is 41.4 Å². The maximum Gasteiger partial charge on any atom is 0.125 e. The second-order valence-electron chi connectivity index (χ2n) is 4.10. The maximum atomic E-state index is 2.37. The zero-order valence-electron chi connectivity index (χ0n) is 10.3. The Bertz CT molecular complexity index is 375. The minimum Gasteiger partial charge on any atom is -0.133 e. The van der Waals surface area contributed by atoms with Crippen molar-refractivity contribution in [3.63, 3.8) is 0 Å². The van der Waals surface area contributed by atoms with Gasteiger partial charge in [0.25, 0.3) is 0 Å². The van der Waals surface area contributed by atoms with Crippen LogP contribution in [0.3, 0.4) is 0 Å². The molecule has 1 fully saturated rings. The zero-order valence-corrected chi connectivity index (χ0v) is 12.8. The van der Waals surface area contributed by atoms with Gasteiger partial charge in [0, 0.05) is 0 Å². The van der Waals surface area contributed by atoms with Gasteiger partial charge in [0.05, 0.1) is 0 Å². The smallest absolute Gasteiger partial charge is 0.125 e. The molecular formula is C14H18S3. The molecule has 3 heteroatoms. The number of thioether (sulfide) groups is 3. The third-order valence-electron chi connectivity index (χ3n) is 2.74. The van der Waals surface area contributed by atoms with Crippen LogP contribution in [0.15, 0.2) is 30.3 Å². The largest absolute Gasteiger partial charge is 0.133 e. The molecule has 0 radical (unpaired) electrons. The Labute approximate surface area is 117 Å². The van der Waals surface area contributed by atoms with Gasteiger partial charge in [0.1, 0.15) is 3.41 Å². The van der Waals surface area contributed by atoms with Crippen molar-refractivity contribution < 1.29 is 0 Å². The molecule has 0 spiro atoms. The van der Waals surface area contributed by atoms with Crippen LogP contribution in [-0.4, -0.2) is 21.2 Å². The van der Waals surface area contributed by atoms with Crippen LogP contribution in [0.25, 0.3) is 6.08 Å². The molecule has 0 N–H and O–H groups in total. The predicted molar refractivity (Wildman–Crippen MR) is 86.0 cm³/mol. The third kappa shape index (κ3) is 3.73. The fourth-order valence-corrected chi connectivity index (χ4v) is 5.83. The summed E-state index contributed by atoms with van der Waals surface area (Å²) in [6.07, 6.45) is 8.19. The summed E-state index contributed by atoms with van der Waals surface area (Å²) in [6, 6.07) is 8.73. The van der Waals surface area contributed by atoms with Gasteiger partial charge >= 0.3 is 0 Å². The van der Waals surface area contributed by atoms with Crippen molar-refractivity contribution in [2.45, 2.75) is 16.8 Å². The van der Waals surface area contributed by atoms with Gasteiger partial charge in [-0.1, -0.05) is 35.9 Å². The van der Waals surface area contributed by atoms with Crippen LogP contribution in [-0.2, 0) is 0 Å². The molecule has 1 aliphatic heterocycles. The molecule has 0 unspecified atom stereocenters. The minimum absolute atomic E-state index is 0.239. The van der Waals surface area contributed by atoms with E-state index in [-0.39, 0.29) is 3.41 Å². The van der Waals surface area contributed by atoms with Gasteiger partial charge in [0.2, 0.25) is 0 Å². The van der Waals surface area contributed by atoms with Gasteiger partial charge < -0.3 is 0 Å². The molecule has 0 aromatic heterocycles. The topological polar surface area (TPSA) is 0 Å². The Morgan fingerprint density at radius 3 is 2.41 bits per heavy atom. The second kappa shape index (κ2) is 6.26. The van der Waals surface area contributed by atoms with Crippen LogP contribution < -0.4 is 0 Å². The van der Waals surface area contributed by atoms with Crippen LogP contribution in [0.5, 0.6) is 0 Å². The highest BCUT2D eigenvalue weighted by molar-refractivity contribution is 8.34. The zero-order chi connectivity index (χ0) is 12.1. The first-order chi connectivity index (χ1) is 8.24. The van der Waals surface area contributed by atoms with Gasteiger partial charge in [-0.05, 0) is 42.7 Å². The van der Waals surface area contributed by atoms with Crippen molar-refractivity contribution in [1.29, 1.82) is 0 Å². The summed E-state index contributed by atoms with van der Waals surface area (Å²) in [6.45, 7) is 2.13. The first kappa shape index (κ1) is 13.4. The Hall–Kier alpha value is 0.01000. The summed E-state index contributed by atoms with van der Waals surface area (Å²) < 4.78 is 0.239. The van der Waals surface area contributed by atoms with Crippen molar-refractivity contribution in [1.82, 2.24) is 0 Å². The van der Waals surface area contributed by atoms with E-state index in [0.29, 0.717) is 0 Å². The molecule has 1 aromatic carbocycles. The Morgan fingerprint density at radius 2 is 1.82 bits per heavy atom. The Morgan fingerprint density at radius 1 is 1.18 bits per heavy atom. The normalized spacial score (nSPS) is 19.6. The lowest BCUT2D eigenvalue weighted by atomic mass is 10.1. The van der Waals surface area contributed by atoms with Crippen LogP contribution in [0, 0.1) is 6.92 Å². The van der Waals surface area contributed by atoms with Gasteiger partial charge in [-0.3, -0.25) is 0 Å². The molecule has 92 valence electrons. The number of aryl methyl sites for hydroxylation is 1. The highest BCUT2D eigenvalue weighted by Crippen LogP contribution is 2.50. The summed E-state index contributed by atoms with van der Waals surface area (Å²) in [7, 11) is 0. The number of rotatable bonds is 3. The highest BCUT2D eigenvalue weighted by atomic mass is 32.3. The van der Waals surface area contributed by atoms with Crippen molar-refractivity contribution in [2.24, 2.45) is 0 Å². The quantitative estimate of drug-likeness (QED) is 0.774. The van der Waals surface area contributed by atoms with Crippen LogP contribution in [0.2, 0.25) is 0 Å². The van der Waals surface area contributed by atoms with E-state index in [0.717, 1.165) is 0 Å². The van der Waals surface area contributed by atoms with Gasteiger partial charge in [-0.2, -0.15) is 0 Å². The maximum absolute atomic E-state index is 2.37. The standard InChI is InChI=1S/C14H18S3/c1-12-4-6-13(7-5-12)8-9-14(15-2)16-10-3-11-17-14/h4-9H,3,10-11H2,1-2H3/b9-8+. The van der Waals surface area contributed by atoms with E-state index in [4.69, 9.17) is 0 Å². The molecule has 0 atom stereocenters. The van der Waals surface area contributed by atoms with E-state index >= 15 is 0 Å². The summed E-state index contributed by atoms with van der Waals surface area (Å²) in [5.74, 6) is 2.57. The van der Waals surface area contributed by atoms with E-state index in [1.54, 1.807) is 0 Å². The van der Waals surface area contributed by atoms with Gasteiger partial charge in [-0.15, -0.1) is 35.3 Å². The molecular weight excluding hydrogens is 264 g/mol. The van der Waals surface area contributed by atoms with Gasteiger partial charge in [-0.25, -0.2) is 0 Å². The average Bonchev–Trinajstić information content (AvgIpc) is 2.39. The molecule has 0 nitrogen and oxygen atoms in total.